The van der Waals surface area contributed by atoms with Crippen molar-refractivity contribution in [3.63, 3.8) is 0 Å². The first-order chi connectivity index (χ1) is 15.3. The molecule has 1 fully saturated rings. The molecule has 9 heteroatoms. The lowest BCUT2D eigenvalue weighted by molar-refractivity contribution is -0.150. The summed E-state index contributed by atoms with van der Waals surface area (Å²) < 4.78 is 5.13. The first-order valence-electron chi connectivity index (χ1n) is 10.9. The molecule has 176 valence electrons. The summed E-state index contributed by atoms with van der Waals surface area (Å²) in [6.45, 7) is 0. The fourth-order valence-corrected chi connectivity index (χ4v) is 5.23. The minimum Gasteiger partial charge on any atom is -0.387 e. The molecular weight excluding hydrogens is 432 g/mol. The summed E-state index contributed by atoms with van der Waals surface area (Å²) >= 11 is 1.45. The lowest BCUT2D eigenvalue weighted by Gasteiger charge is -2.28. The van der Waals surface area contributed by atoms with Gasteiger partial charge in [-0.2, -0.15) is 0 Å². The molecule has 1 heterocycles. The van der Waals surface area contributed by atoms with Gasteiger partial charge in [-0.15, -0.1) is 11.8 Å². The molecule has 5 atom stereocenters. The Hall–Kier alpha value is -1.91. The minimum atomic E-state index is -1.67. The van der Waals surface area contributed by atoms with Gasteiger partial charge in [0.05, 0.1) is 5.69 Å². The summed E-state index contributed by atoms with van der Waals surface area (Å²) in [5, 5.41) is 33.8. The van der Waals surface area contributed by atoms with E-state index in [4.69, 9.17) is 4.74 Å². The number of likely N-dealkylation sites (N-methyl/N-ethyl adjacent to an activating group) is 1. The van der Waals surface area contributed by atoms with Gasteiger partial charge in [0.2, 0.25) is 5.91 Å². The van der Waals surface area contributed by atoms with Crippen LogP contribution in [-0.2, 0) is 14.3 Å². The van der Waals surface area contributed by atoms with Crippen LogP contribution in [0.3, 0.4) is 0 Å². The van der Waals surface area contributed by atoms with Gasteiger partial charge in [0, 0.05) is 24.8 Å². The van der Waals surface area contributed by atoms with Crippen molar-refractivity contribution in [2.45, 2.75) is 61.0 Å². The predicted octanol–water partition coefficient (Wildman–Crippen LogP) is 1.08. The minimum absolute atomic E-state index is 0.291. The zero-order valence-electron chi connectivity index (χ0n) is 18.4. The average molecular weight is 465 g/mol. The fourth-order valence-electron chi connectivity index (χ4n) is 4.13. The number of ether oxygens (including phenoxy) is 1. The van der Waals surface area contributed by atoms with Gasteiger partial charge in [-0.1, -0.05) is 37.1 Å². The number of anilines is 1. The second-order valence-electron chi connectivity index (χ2n) is 8.29. The maximum atomic E-state index is 12.9. The molecule has 0 saturated heterocycles. The van der Waals surface area contributed by atoms with Gasteiger partial charge in [-0.25, -0.2) is 0 Å². The summed E-state index contributed by atoms with van der Waals surface area (Å²) in [6, 6.07) is 6.64. The van der Waals surface area contributed by atoms with Gasteiger partial charge in [-0.05, 0) is 30.9 Å². The number of nitrogens with one attached hydrogen (secondary N) is 1. The SMILES string of the molecule is COC(C(=O)N[C@H]1CSc2ccccc2N(C)C1=O)C(O)C(O)C(O)C=CC1CCCC1. The van der Waals surface area contributed by atoms with Crippen molar-refractivity contribution in [3.05, 3.63) is 36.4 Å². The second kappa shape index (κ2) is 11.3. The highest BCUT2D eigenvalue weighted by molar-refractivity contribution is 7.99. The topological polar surface area (TPSA) is 119 Å². The molecule has 1 aromatic carbocycles. The first kappa shape index (κ1) is 24.7. The molecule has 0 aromatic heterocycles. The molecule has 32 heavy (non-hydrogen) atoms. The Morgan fingerprint density at radius 1 is 1.22 bits per heavy atom. The van der Waals surface area contributed by atoms with Crippen LogP contribution in [0.4, 0.5) is 5.69 Å². The smallest absolute Gasteiger partial charge is 0.252 e. The number of nitrogens with zero attached hydrogens (tertiary/aromatic N) is 1. The van der Waals surface area contributed by atoms with E-state index in [0.717, 1.165) is 36.3 Å². The summed E-state index contributed by atoms with van der Waals surface area (Å²) in [7, 11) is 2.87. The van der Waals surface area contributed by atoms with Crippen molar-refractivity contribution in [2.24, 2.45) is 5.92 Å². The third kappa shape index (κ3) is 5.71. The highest BCUT2D eigenvalue weighted by Crippen LogP contribution is 2.33. The van der Waals surface area contributed by atoms with Crippen LogP contribution in [-0.4, -0.2) is 77.5 Å². The normalized spacial score (nSPS) is 23.5. The van der Waals surface area contributed by atoms with Crippen LogP contribution in [0.25, 0.3) is 0 Å². The van der Waals surface area contributed by atoms with Crippen molar-refractivity contribution in [1.29, 1.82) is 0 Å². The van der Waals surface area contributed by atoms with Crippen LogP contribution in [0.15, 0.2) is 41.3 Å². The van der Waals surface area contributed by atoms with Gasteiger partial charge >= 0.3 is 0 Å². The number of benzene rings is 1. The van der Waals surface area contributed by atoms with E-state index in [1.165, 1.54) is 29.8 Å². The molecule has 0 radical (unpaired) electrons. The average Bonchev–Trinajstić information content (AvgIpc) is 3.29. The van der Waals surface area contributed by atoms with Crippen LogP contribution in [0, 0.1) is 5.92 Å². The number of thioether (sulfide) groups is 1. The quantitative estimate of drug-likeness (QED) is 0.425. The number of para-hydroxylation sites is 1. The second-order valence-corrected chi connectivity index (χ2v) is 9.36. The Morgan fingerprint density at radius 3 is 2.59 bits per heavy atom. The third-order valence-electron chi connectivity index (χ3n) is 6.08. The van der Waals surface area contributed by atoms with Gasteiger partial charge in [0.1, 0.15) is 24.4 Å². The Bertz CT molecular complexity index is 828. The molecule has 4 unspecified atom stereocenters. The van der Waals surface area contributed by atoms with E-state index in [0.29, 0.717) is 11.7 Å². The van der Waals surface area contributed by atoms with Crippen LogP contribution in [0.5, 0.6) is 0 Å². The molecular formula is C23H32N2O6S. The van der Waals surface area contributed by atoms with E-state index in [1.54, 1.807) is 7.05 Å². The number of aliphatic hydroxyl groups is 3. The van der Waals surface area contributed by atoms with Crippen molar-refractivity contribution < 1.29 is 29.6 Å². The van der Waals surface area contributed by atoms with E-state index in [9.17, 15) is 24.9 Å². The number of methoxy groups -OCH3 is 1. The van der Waals surface area contributed by atoms with E-state index in [2.05, 4.69) is 5.32 Å². The monoisotopic (exact) mass is 464 g/mol. The van der Waals surface area contributed by atoms with Gasteiger partial charge in [-0.3, -0.25) is 9.59 Å². The van der Waals surface area contributed by atoms with Crippen molar-refractivity contribution in [2.75, 3.05) is 24.8 Å². The maximum absolute atomic E-state index is 12.9. The molecule has 2 amide bonds. The van der Waals surface area contributed by atoms with Crippen LogP contribution in [0.2, 0.25) is 0 Å². The summed E-state index contributed by atoms with van der Waals surface area (Å²) in [4.78, 5) is 28.1. The summed E-state index contributed by atoms with van der Waals surface area (Å²) in [5.74, 6) is -0.353. The van der Waals surface area contributed by atoms with E-state index < -0.39 is 36.4 Å². The highest BCUT2D eigenvalue weighted by Gasteiger charge is 2.38. The van der Waals surface area contributed by atoms with Gasteiger partial charge in [0.25, 0.3) is 5.91 Å². The molecule has 0 bridgehead atoms. The number of hydrogen-bond donors (Lipinski definition) is 4. The Labute approximate surface area is 192 Å². The highest BCUT2D eigenvalue weighted by atomic mass is 32.2. The van der Waals surface area contributed by atoms with Crippen LogP contribution in [0.1, 0.15) is 25.7 Å². The molecule has 2 aliphatic rings. The van der Waals surface area contributed by atoms with Gasteiger partial charge < -0.3 is 30.3 Å². The number of hydrogen-bond acceptors (Lipinski definition) is 7. The van der Waals surface area contributed by atoms with Crippen LogP contribution < -0.4 is 10.2 Å². The lowest BCUT2D eigenvalue weighted by atomic mass is 9.99. The molecule has 1 aliphatic carbocycles. The number of rotatable bonds is 8. The summed E-state index contributed by atoms with van der Waals surface area (Å²) in [6.07, 6.45) is 1.59. The number of fused-ring (bicyclic) bond motifs is 1. The number of allylic oxidation sites excluding steroid dienone is 1. The molecule has 3 rings (SSSR count). The van der Waals surface area contributed by atoms with Gasteiger partial charge in [0.15, 0.2) is 6.10 Å². The third-order valence-corrected chi connectivity index (χ3v) is 7.24. The molecule has 1 saturated carbocycles. The standard InChI is InChI=1S/C23H32N2O6S/c1-25-16-9-5-6-10-18(16)32-13-15(23(25)30)24-22(29)21(31-2)20(28)19(27)17(26)12-11-14-7-3-4-8-14/h5-6,9-12,14-15,17,19-21,26-28H,3-4,7-8,13H2,1-2H3,(H,24,29)/t15-,17?,19?,20?,21?/m0/s1. The molecule has 0 spiro atoms. The number of aliphatic hydroxyl groups excluding tert-OH is 3. The Morgan fingerprint density at radius 2 is 1.91 bits per heavy atom. The predicted molar refractivity (Wildman–Crippen MR) is 122 cm³/mol. The summed E-state index contributed by atoms with van der Waals surface area (Å²) in [5.41, 5.74) is 0.759. The number of amides is 2. The molecule has 4 N–H and O–H groups in total. The van der Waals surface area contributed by atoms with E-state index in [-0.39, 0.29) is 5.91 Å². The van der Waals surface area contributed by atoms with E-state index >= 15 is 0 Å². The van der Waals surface area contributed by atoms with Crippen LogP contribution >= 0.6 is 11.8 Å². The van der Waals surface area contributed by atoms with Crippen molar-refractivity contribution in [1.82, 2.24) is 5.32 Å². The van der Waals surface area contributed by atoms with E-state index in [1.807, 2.05) is 30.3 Å². The first-order valence-corrected chi connectivity index (χ1v) is 11.9. The molecule has 1 aromatic rings. The lowest BCUT2D eigenvalue weighted by Crippen LogP contribution is -2.56. The zero-order chi connectivity index (χ0) is 23.3. The molecule has 8 nitrogen and oxygen atoms in total. The van der Waals surface area contributed by atoms with Crippen molar-refractivity contribution >= 4 is 29.3 Å². The van der Waals surface area contributed by atoms with Crippen molar-refractivity contribution in [3.8, 4) is 0 Å². The number of carbonyl (C=O) groups is 2. The number of carbonyl (C=O) groups excluding carboxylic acids is 2. The maximum Gasteiger partial charge on any atom is 0.252 e. The zero-order valence-corrected chi connectivity index (χ0v) is 19.2. The fraction of sp³-hybridized carbons (Fsp3) is 0.565. The molecule has 1 aliphatic heterocycles. The Balaban J connectivity index is 1.62. The largest absolute Gasteiger partial charge is 0.387 e. The Kier molecular flexibility index (Phi) is 8.72.